The molecule has 2 aromatic heterocycles. The van der Waals surface area contributed by atoms with Gasteiger partial charge in [0.15, 0.2) is 0 Å². The van der Waals surface area contributed by atoms with Gasteiger partial charge in [-0.1, -0.05) is 0 Å². The lowest BCUT2D eigenvalue weighted by molar-refractivity contribution is 0.583. The number of thiophene rings is 1. The van der Waals surface area contributed by atoms with E-state index in [-0.39, 0.29) is 5.54 Å². The topological polar surface area (TPSA) is 51.3 Å². The molecule has 0 aliphatic heterocycles. The van der Waals surface area contributed by atoms with Crippen molar-refractivity contribution >= 4 is 27.4 Å². The summed E-state index contributed by atoms with van der Waals surface area (Å²) in [5, 5.41) is 2.03. The molecule has 0 spiro atoms. The van der Waals surface area contributed by atoms with Gasteiger partial charge in [-0.3, -0.25) is 9.98 Å². The summed E-state index contributed by atoms with van der Waals surface area (Å²) in [6.45, 7) is 6.07. The lowest BCUT2D eigenvalue weighted by Gasteiger charge is -2.13. The molecule has 0 aliphatic rings. The quantitative estimate of drug-likeness (QED) is 0.608. The Hall–Kier alpha value is -1.42. The van der Waals surface area contributed by atoms with Crippen molar-refractivity contribution in [1.29, 1.82) is 0 Å². The zero-order valence-electron chi connectivity index (χ0n) is 9.69. The fraction of sp³-hybridized carbons (Fsp3) is 0.333. The third kappa shape index (κ3) is 2.39. The van der Waals surface area contributed by atoms with Gasteiger partial charge in [0.2, 0.25) is 0 Å². The number of nitrogens with two attached hydrogens (primary N) is 1. The Morgan fingerprint density at radius 2 is 2.19 bits per heavy atom. The number of hydrogen-bond acceptors (Lipinski definition) is 3. The maximum absolute atomic E-state index is 5.96. The van der Waals surface area contributed by atoms with Crippen LogP contribution in [0.5, 0.6) is 0 Å². The number of pyridine rings is 1. The highest BCUT2D eigenvalue weighted by Gasteiger charge is 2.10. The minimum Gasteiger partial charge on any atom is -0.383 e. The third-order valence-electron chi connectivity index (χ3n) is 2.05. The van der Waals surface area contributed by atoms with Crippen molar-refractivity contribution < 1.29 is 0 Å². The highest BCUT2D eigenvalue weighted by Crippen LogP contribution is 2.19. The molecule has 2 aromatic rings. The smallest absolute Gasteiger partial charge is 0.127 e. The molecule has 0 aliphatic carbocycles. The number of fused-ring (bicyclic) bond motifs is 1. The van der Waals surface area contributed by atoms with Gasteiger partial charge in [0.05, 0.1) is 15.8 Å². The summed E-state index contributed by atoms with van der Waals surface area (Å²) in [6.07, 6.45) is 1.78. The van der Waals surface area contributed by atoms with E-state index in [1.165, 1.54) is 0 Å². The third-order valence-corrected chi connectivity index (χ3v) is 2.91. The average molecular weight is 233 g/mol. The summed E-state index contributed by atoms with van der Waals surface area (Å²) in [5.74, 6) is 0.551. The van der Waals surface area contributed by atoms with E-state index >= 15 is 0 Å². The first-order chi connectivity index (χ1) is 7.46. The molecule has 2 N–H and O–H groups in total. The van der Waals surface area contributed by atoms with Crippen LogP contribution in [0.2, 0.25) is 0 Å². The van der Waals surface area contributed by atoms with E-state index < -0.39 is 0 Å². The van der Waals surface area contributed by atoms with Crippen LogP contribution in [0.4, 0.5) is 0 Å². The summed E-state index contributed by atoms with van der Waals surface area (Å²) < 4.78 is 1.14. The first-order valence-corrected chi connectivity index (χ1v) is 6.03. The van der Waals surface area contributed by atoms with Gasteiger partial charge in [0, 0.05) is 11.8 Å². The largest absolute Gasteiger partial charge is 0.383 e. The maximum atomic E-state index is 5.96. The number of hydrogen-bond donors (Lipinski definition) is 1. The molecule has 0 saturated heterocycles. The van der Waals surface area contributed by atoms with E-state index in [0.717, 1.165) is 15.8 Å². The summed E-state index contributed by atoms with van der Waals surface area (Å²) in [7, 11) is 0. The minimum absolute atomic E-state index is 0.158. The molecule has 0 radical (unpaired) electrons. The number of amidine groups is 1. The predicted molar refractivity (Wildman–Crippen MR) is 70.1 cm³/mol. The molecule has 0 saturated carbocycles. The van der Waals surface area contributed by atoms with E-state index in [1.807, 2.05) is 38.3 Å². The van der Waals surface area contributed by atoms with Gasteiger partial charge in [-0.15, -0.1) is 11.3 Å². The molecule has 2 heterocycles. The van der Waals surface area contributed by atoms with E-state index in [4.69, 9.17) is 5.73 Å². The van der Waals surface area contributed by atoms with Crippen LogP contribution >= 0.6 is 11.3 Å². The number of aromatic nitrogens is 1. The molecule has 0 atom stereocenters. The summed E-state index contributed by atoms with van der Waals surface area (Å²) in [5.41, 5.74) is 7.70. The molecular formula is C12H15N3S. The number of aliphatic imine (C=N–C) groups is 1. The van der Waals surface area contributed by atoms with Crippen LogP contribution in [-0.2, 0) is 0 Å². The van der Waals surface area contributed by atoms with Gasteiger partial charge < -0.3 is 5.73 Å². The van der Waals surface area contributed by atoms with Gasteiger partial charge in [-0.05, 0) is 38.3 Å². The predicted octanol–water partition coefficient (Wildman–Crippen LogP) is 2.80. The highest BCUT2D eigenvalue weighted by molar-refractivity contribution is 7.17. The van der Waals surface area contributed by atoms with E-state index in [9.17, 15) is 0 Å². The van der Waals surface area contributed by atoms with Crippen molar-refractivity contribution in [3.63, 3.8) is 0 Å². The van der Waals surface area contributed by atoms with Crippen LogP contribution in [-0.4, -0.2) is 16.4 Å². The monoisotopic (exact) mass is 233 g/mol. The number of nitrogens with zero attached hydrogens (tertiary/aromatic N) is 2. The second kappa shape index (κ2) is 3.87. The lowest BCUT2D eigenvalue weighted by Crippen LogP contribution is -2.21. The fourth-order valence-corrected chi connectivity index (χ4v) is 2.19. The van der Waals surface area contributed by atoms with E-state index in [1.54, 1.807) is 17.5 Å². The molecule has 2 rings (SSSR count). The Labute approximate surface area is 99.0 Å². The second-order valence-electron chi connectivity index (χ2n) is 4.70. The van der Waals surface area contributed by atoms with Crippen molar-refractivity contribution in [1.82, 2.24) is 4.98 Å². The molecule has 0 bridgehead atoms. The van der Waals surface area contributed by atoms with E-state index in [2.05, 4.69) is 9.98 Å². The lowest BCUT2D eigenvalue weighted by atomic mass is 10.1. The van der Waals surface area contributed by atoms with Crippen molar-refractivity contribution in [2.45, 2.75) is 26.3 Å². The summed E-state index contributed by atoms with van der Waals surface area (Å²) in [4.78, 5) is 8.77. The van der Waals surface area contributed by atoms with Crippen LogP contribution < -0.4 is 5.73 Å². The maximum Gasteiger partial charge on any atom is 0.127 e. The Bertz CT molecular complexity index is 534. The van der Waals surface area contributed by atoms with Gasteiger partial charge in [-0.2, -0.15) is 0 Å². The Kier molecular flexibility index (Phi) is 2.68. The minimum atomic E-state index is -0.158. The molecular weight excluding hydrogens is 218 g/mol. The average Bonchev–Trinajstić information content (AvgIpc) is 2.61. The molecule has 84 valence electrons. The Morgan fingerprint density at radius 1 is 1.44 bits per heavy atom. The Morgan fingerprint density at radius 3 is 2.88 bits per heavy atom. The first kappa shape index (κ1) is 11.1. The molecule has 0 aromatic carbocycles. The van der Waals surface area contributed by atoms with Crippen LogP contribution in [0, 0.1) is 0 Å². The van der Waals surface area contributed by atoms with Crippen molar-refractivity contribution in [2.24, 2.45) is 10.7 Å². The zero-order chi connectivity index (χ0) is 11.8. The van der Waals surface area contributed by atoms with Crippen LogP contribution in [0.3, 0.4) is 0 Å². The first-order valence-electron chi connectivity index (χ1n) is 5.15. The van der Waals surface area contributed by atoms with Gasteiger partial charge in [-0.25, -0.2) is 0 Å². The van der Waals surface area contributed by atoms with E-state index in [0.29, 0.717) is 5.84 Å². The van der Waals surface area contributed by atoms with Gasteiger partial charge in [0.25, 0.3) is 0 Å². The standard InChI is InChI=1S/C12H15N3S/c1-12(2,3)15-11(13)8-6-10-9(14-7-8)4-5-16-10/h4-7H,1-3H3,(H2,13,15). The molecule has 3 nitrogen and oxygen atoms in total. The van der Waals surface area contributed by atoms with Gasteiger partial charge in [0.1, 0.15) is 5.84 Å². The Balaban J connectivity index is 2.43. The number of rotatable bonds is 1. The van der Waals surface area contributed by atoms with Crippen molar-refractivity contribution in [2.75, 3.05) is 0 Å². The summed E-state index contributed by atoms with van der Waals surface area (Å²) in [6, 6.07) is 4.04. The molecule has 0 fully saturated rings. The van der Waals surface area contributed by atoms with Crippen LogP contribution in [0.15, 0.2) is 28.7 Å². The normalized spacial score (nSPS) is 13.3. The fourth-order valence-electron chi connectivity index (χ4n) is 1.41. The molecule has 0 amide bonds. The highest BCUT2D eigenvalue weighted by atomic mass is 32.1. The van der Waals surface area contributed by atoms with Gasteiger partial charge >= 0.3 is 0 Å². The zero-order valence-corrected chi connectivity index (χ0v) is 10.5. The molecule has 16 heavy (non-hydrogen) atoms. The SMILES string of the molecule is CC(C)(C)N=C(N)c1cnc2ccsc2c1. The second-order valence-corrected chi connectivity index (χ2v) is 5.64. The molecule has 4 heteroatoms. The van der Waals surface area contributed by atoms with Crippen molar-refractivity contribution in [3.05, 3.63) is 29.3 Å². The summed E-state index contributed by atoms with van der Waals surface area (Å²) >= 11 is 1.66. The van der Waals surface area contributed by atoms with Crippen LogP contribution in [0.25, 0.3) is 10.2 Å². The van der Waals surface area contributed by atoms with Crippen molar-refractivity contribution in [3.8, 4) is 0 Å². The molecule has 0 unspecified atom stereocenters. The van der Waals surface area contributed by atoms with Crippen LogP contribution in [0.1, 0.15) is 26.3 Å².